The molecule has 0 saturated heterocycles. The number of anilines is 1. The van der Waals surface area contributed by atoms with Gasteiger partial charge in [0.15, 0.2) is 0 Å². The monoisotopic (exact) mass is 304 g/mol. The number of carboxylic acids is 1. The van der Waals surface area contributed by atoms with E-state index < -0.39 is 11.4 Å². The van der Waals surface area contributed by atoms with Crippen molar-refractivity contribution in [2.24, 2.45) is 5.41 Å². The van der Waals surface area contributed by atoms with Crippen molar-refractivity contribution >= 4 is 17.6 Å². The topological polar surface area (TPSA) is 92.4 Å². The van der Waals surface area contributed by atoms with E-state index in [4.69, 9.17) is 5.73 Å². The number of hydrogen-bond donors (Lipinski definition) is 3. The molecular formula is C17H24N2O3. The zero-order chi connectivity index (χ0) is 16.3. The molecule has 4 N–H and O–H groups in total. The quantitative estimate of drug-likeness (QED) is 0.576. The van der Waals surface area contributed by atoms with Gasteiger partial charge in [-0.1, -0.05) is 19.9 Å². The number of hydrogen-bond acceptors (Lipinski definition) is 3. The van der Waals surface area contributed by atoms with E-state index in [2.05, 4.69) is 5.32 Å². The summed E-state index contributed by atoms with van der Waals surface area (Å²) in [5.41, 5.74) is 7.39. The largest absolute Gasteiger partial charge is 0.480 e. The number of aliphatic carboxylic acids is 1. The lowest BCUT2D eigenvalue weighted by Gasteiger charge is -2.31. The van der Waals surface area contributed by atoms with Crippen LogP contribution in [0, 0.1) is 5.41 Å². The minimum Gasteiger partial charge on any atom is -0.480 e. The summed E-state index contributed by atoms with van der Waals surface area (Å²) in [6.45, 7) is 3.49. The van der Waals surface area contributed by atoms with Crippen molar-refractivity contribution in [1.82, 2.24) is 5.32 Å². The summed E-state index contributed by atoms with van der Waals surface area (Å²) < 4.78 is 0. The van der Waals surface area contributed by atoms with E-state index in [0.717, 1.165) is 30.4 Å². The van der Waals surface area contributed by atoms with Crippen LogP contribution in [-0.4, -0.2) is 17.0 Å². The molecule has 22 heavy (non-hydrogen) atoms. The number of nitrogens with one attached hydrogen (secondary N) is 1. The third kappa shape index (κ3) is 2.80. The van der Waals surface area contributed by atoms with Crippen molar-refractivity contribution < 1.29 is 14.7 Å². The van der Waals surface area contributed by atoms with Gasteiger partial charge in [0.2, 0.25) is 5.91 Å². The third-order valence-corrected chi connectivity index (χ3v) is 4.84. The van der Waals surface area contributed by atoms with Gasteiger partial charge in [-0.2, -0.15) is 0 Å². The zero-order valence-corrected chi connectivity index (χ0v) is 13.2. The highest BCUT2D eigenvalue weighted by atomic mass is 16.4. The van der Waals surface area contributed by atoms with Gasteiger partial charge in [0.25, 0.3) is 0 Å². The number of rotatable bonds is 5. The predicted octanol–water partition coefficient (Wildman–Crippen LogP) is 2.65. The van der Waals surface area contributed by atoms with Crippen LogP contribution >= 0.6 is 0 Å². The average molecular weight is 304 g/mol. The number of carbonyl (C=O) groups is 2. The van der Waals surface area contributed by atoms with Gasteiger partial charge < -0.3 is 16.2 Å². The Bertz CT molecular complexity index is 579. The van der Waals surface area contributed by atoms with Gasteiger partial charge in [-0.25, -0.2) is 0 Å². The third-order valence-electron chi connectivity index (χ3n) is 4.84. The summed E-state index contributed by atoms with van der Waals surface area (Å²) >= 11 is 0. The maximum atomic E-state index is 12.6. The molecular weight excluding hydrogens is 280 g/mol. The van der Waals surface area contributed by atoms with Crippen LogP contribution in [0.3, 0.4) is 0 Å². The number of carboxylic acid groups (broad SMARTS) is 1. The Kier molecular flexibility index (Phi) is 4.74. The second-order valence-corrected chi connectivity index (χ2v) is 5.97. The highest BCUT2D eigenvalue weighted by molar-refractivity contribution is 6.02. The molecule has 0 aliphatic heterocycles. The van der Waals surface area contributed by atoms with Gasteiger partial charge >= 0.3 is 5.97 Å². The molecule has 0 bridgehead atoms. The molecule has 5 nitrogen and oxygen atoms in total. The van der Waals surface area contributed by atoms with E-state index in [1.165, 1.54) is 0 Å². The lowest BCUT2D eigenvalue weighted by atomic mass is 9.80. The molecule has 5 heteroatoms. The smallest absolute Gasteiger partial charge is 0.319 e. The van der Waals surface area contributed by atoms with E-state index in [0.29, 0.717) is 5.69 Å². The molecule has 120 valence electrons. The van der Waals surface area contributed by atoms with Crippen molar-refractivity contribution in [2.45, 2.75) is 52.0 Å². The highest BCUT2D eigenvalue weighted by Crippen LogP contribution is 2.33. The van der Waals surface area contributed by atoms with E-state index in [1.54, 1.807) is 13.8 Å². The molecule has 0 spiro atoms. The number of amides is 1. The second-order valence-electron chi connectivity index (χ2n) is 5.97. The molecule has 1 aromatic rings. The van der Waals surface area contributed by atoms with Crippen LogP contribution in [0.4, 0.5) is 5.69 Å². The molecule has 0 fully saturated rings. The van der Waals surface area contributed by atoms with Gasteiger partial charge in [0.05, 0.1) is 6.04 Å². The number of benzene rings is 1. The van der Waals surface area contributed by atoms with Gasteiger partial charge in [-0.05, 0) is 55.4 Å². The summed E-state index contributed by atoms with van der Waals surface area (Å²) in [5, 5.41) is 12.4. The maximum absolute atomic E-state index is 12.6. The fourth-order valence-corrected chi connectivity index (χ4v) is 3.25. The highest BCUT2D eigenvalue weighted by Gasteiger charge is 2.43. The van der Waals surface area contributed by atoms with Crippen LogP contribution in [0.25, 0.3) is 0 Å². The predicted molar refractivity (Wildman–Crippen MR) is 85.3 cm³/mol. The summed E-state index contributed by atoms with van der Waals surface area (Å²) in [6.07, 6.45) is 3.29. The van der Waals surface area contributed by atoms with Crippen molar-refractivity contribution in [2.75, 3.05) is 5.73 Å². The number of nitrogens with two attached hydrogens (primary N) is 1. The minimum atomic E-state index is -1.34. The van der Waals surface area contributed by atoms with Crippen LogP contribution in [0.1, 0.15) is 56.7 Å². The Hall–Kier alpha value is -2.04. The number of carbonyl (C=O) groups excluding carboxylic acids is 1. The first kappa shape index (κ1) is 16.3. The first-order chi connectivity index (χ1) is 10.4. The maximum Gasteiger partial charge on any atom is 0.319 e. The van der Waals surface area contributed by atoms with Crippen LogP contribution in [0.15, 0.2) is 18.2 Å². The molecule has 2 rings (SSSR count). The fraction of sp³-hybridized carbons (Fsp3) is 0.529. The number of fused-ring (bicyclic) bond motifs is 1. The molecule has 0 radical (unpaired) electrons. The molecule has 1 aromatic carbocycles. The summed E-state index contributed by atoms with van der Waals surface area (Å²) in [6, 6.07) is 5.58. The Balaban J connectivity index is 2.25. The molecule has 1 amide bonds. The fourth-order valence-electron chi connectivity index (χ4n) is 3.25. The zero-order valence-electron chi connectivity index (χ0n) is 13.2. The summed E-state index contributed by atoms with van der Waals surface area (Å²) in [5.74, 6) is -1.44. The van der Waals surface area contributed by atoms with E-state index >= 15 is 0 Å². The van der Waals surface area contributed by atoms with Crippen LogP contribution < -0.4 is 11.1 Å². The van der Waals surface area contributed by atoms with Crippen molar-refractivity contribution in [3.05, 3.63) is 29.3 Å². The SMILES string of the molecule is CCC(CC)(C(=O)O)C(=O)NC1CCCc2cc(N)ccc21. The Morgan fingerprint density at radius 3 is 2.64 bits per heavy atom. The number of aryl methyl sites for hydroxylation is 1. The lowest BCUT2D eigenvalue weighted by molar-refractivity contribution is -0.156. The standard InChI is InChI=1S/C17H24N2O3/c1-3-17(4-2,16(21)22)15(20)19-14-7-5-6-11-10-12(18)8-9-13(11)14/h8-10,14H,3-7,18H2,1-2H3,(H,19,20)(H,21,22). The van der Waals surface area contributed by atoms with Gasteiger partial charge in [-0.15, -0.1) is 0 Å². The Morgan fingerprint density at radius 1 is 1.36 bits per heavy atom. The molecule has 1 aliphatic rings. The average Bonchev–Trinajstić information content (AvgIpc) is 2.48. The van der Waals surface area contributed by atoms with E-state index in [9.17, 15) is 14.7 Å². The molecule has 1 atom stereocenters. The number of nitrogen functional groups attached to an aromatic ring is 1. The molecule has 0 saturated carbocycles. The van der Waals surface area contributed by atoms with Gasteiger partial charge in [0.1, 0.15) is 5.41 Å². The Morgan fingerprint density at radius 2 is 2.05 bits per heavy atom. The van der Waals surface area contributed by atoms with Crippen molar-refractivity contribution in [1.29, 1.82) is 0 Å². The molecule has 1 aliphatic carbocycles. The Labute approximate surface area is 130 Å². The first-order valence-corrected chi connectivity index (χ1v) is 7.87. The van der Waals surface area contributed by atoms with Crippen molar-refractivity contribution in [3.8, 4) is 0 Å². The van der Waals surface area contributed by atoms with Gasteiger partial charge in [-0.3, -0.25) is 9.59 Å². The summed E-state index contributed by atoms with van der Waals surface area (Å²) in [4.78, 5) is 24.2. The first-order valence-electron chi connectivity index (χ1n) is 7.87. The molecule has 0 aromatic heterocycles. The normalized spacial score (nSPS) is 17.6. The minimum absolute atomic E-state index is 0.131. The van der Waals surface area contributed by atoms with Crippen LogP contribution in [0.5, 0.6) is 0 Å². The van der Waals surface area contributed by atoms with Crippen molar-refractivity contribution in [3.63, 3.8) is 0 Å². The van der Waals surface area contributed by atoms with E-state index in [1.807, 2.05) is 18.2 Å². The second kappa shape index (κ2) is 6.38. The molecule has 1 unspecified atom stereocenters. The molecule has 0 heterocycles. The summed E-state index contributed by atoms with van der Waals surface area (Å²) in [7, 11) is 0. The van der Waals surface area contributed by atoms with E-state index in [-0.39, 0.29) is 24.8 Å². The lowest BCUT2D eigenvalue weighted by Crippen LogP contribution is -2.47. The van der Waals surface area contributed by atoms with Crippen LogP contribution in [0.2, 0.25) is 0 Å². The van der Waals surface area contributed by atoms with Crippen LogP contribution in [-0.2, 0) is 16.0 Å². The van der Waals surface area contributed by atoms with Gasteiger partial charge in [0, 0.05) is 5.69 Å².